The molecule has 302 valence electrons. The number of fused-ring (bicyclic) bond motifs is 1. The van der Waals surface area contributed by atoms with Crippen LogP contribution in [0.1, 0.15) is 58.2 Å². The molecule has 0 aliphatic heterocycles. The molecule has 2 aromatic carbocycles. The quantitative estimate of drug-likeness (QED) is 0.0726. The molecule has 0 unspecified atom stereocenters. The summed E-state index contributed by atoms with van der Waals surface area (Å²) in [5.41, 5.74) is -0.451. The molecule has 1 amide bonds. The molecular formula is C40H44FN5O9S2. The Balaban J connectivity index is 0.00000620. The van der Waals surface area contributed by atoms with E-state index in [1.807, 2.05) is 17.8 Å². The van der Waals surface area contributed by atoms with Crippen molar-refractivity contribution in [2.45, 2.75) is 56.1 Å². The maximum Gasteiger partial charge on any atom is 0.411 e. The first-order chi connectivity index (χ1) is 27.0. The predicted octanol–water partition coefficient (Wildman–Crippen LogP) is 5.48. The molecule has 17 heteroatoms. The number of anilines is 1. The van der Waals surface area contributed by atoms with E-state index in [1.54, 1.807) is 42.5 Å². The Labute approximate surface area is 335 Å². The number of ether oxygens (including phenoxy) is 3. The van der Waals surface area contributed by atoms with Gasteiger partial charge < -0.3 is 44.7 Å². The molecule has 5 aromatic rings. The second kappa shape index (κ2) is 19.2. The number of hydrogen-bond donors (Lipinski definition) is 6. The van der Waals surface area contributed by atoms with Gasteiger partial charge >= 0.3 is 12.1 Å². The molecule has 1 fully saturated rings. The number of hydrogen-bond acceptors (Lipinski definition) is 14. The predicted molar refractivity (Wildman–Crippen MR) is 214 cm³/mol. The topological polar surface area (TPSA) is 206 Å². The summed E-state index contributed by atoms with van der Waals surface area (Å²) in [7, 11) is 3.42. The summed E-state index contributed by atoms with van der Waals surface area (Å²) >= 11 is 2.62. The molecule has 57 heavy (non-hydrogen) atoms. The molecular weight excluding hydrogens is 778 g/mol. The minimum Gasteiger partial charge on any atom is -0.506 e. The summed E-state index contributed by atoms with van der Waals surface area (Å²) in [5, 5.41) is 52.4. The minimum absolute atomic E-state index is 0. The number of carbonyl (C=O) groups excluding carboxylic acids is 2. The number of aliphatic hydroxyl groups excluding tert-OH is 1. The highest BCUT2D eigenvalue weighted by atomic mass is 32.1. The van der Waals surface area contributed by atoms with Gasteiger partial charge in [0.2, 0.25) is 11.2 Å². The van der Waals surface area contributed by atoms with Crippen molar-refractivity contribution >= 4 is 51.3 Å². The van der Waals surface area contributed by atoms with Gasteiger partial charge in [-0.1, -0.05) is 18.2 Å². The number of thiophene rings is 2. The van der Waals surface area contributed by atoms with Crippen LogP contribution in [-0.2, 0) is 26.4 Å². The molecule has 6 N–H and O–H groups in total. The van der Waals surface area contributed by atoms with E-state index in [-0.39, 0.29) is 64.6 Å². The fourth-order valence-corrected chi connectivity index (χ4v) is 8.61. The van der Waals surface area contributed by atoms with Gasteiger partial charge in [0.05, 0.1) is 39.7 Å². The second-order valence-electron chi connectivity index (χ2n) is 13.5. The number of aliphatic hydroxyl groups is 2. The van der Waals surface area contributed by atoms with Gasteiger partial charge in [0.1, 0.15) is 30.3 Å². The van der Waals surface area contributed by atoms with Gasteiger partial charge in [-0.25, -0.2) is 9.59 Å². The Hall–Kier alpha value is -5.35. The number of aromatic amines is 1. The van der Waals surface area contributed by atoms with E-state index in [0.717, 1.165) is 12.8 Å². The van der Waals surface area contributed by atoms with Crippen molar-refractivity contribution in [1.82, 2.24) is 15.2 Å². The highest BCUT2D eigenvalue weighted by Crippen LogP contribution is 2.38. The number of phenolic OH excluding ortho intramolecular Hbond substituents is 1. The number of nitriles is 1. The number of aromatic hydroxyl groups is 1. The normalized spacial score (nSPS) is 16.0. The first-order valence-corrected chi connectivity index (χ1v) is 19.8. The largest absolute Gasteiger partial charge is 0.506 e. The number of phenols is 1. The van der Waals surface area contributed by atoms with Gasteiger partial charge in [0, 0.05) is 48.8 Å². The van der Waals surface area contributed by atoms with Gasteiger partial charge in [0.25, 0.3) is 0 Å². The summed E-state index contributed by atoms with van der Waals surface area (Å²) in [6.07, 6.45) is 0.763. The van der Waals surface area contributed by atoms with E-state index in [9.17, 15) is 35.0 Å². The van der Waals surface area contributed by atoms with Crippen LogP contribution in [0.2, 0.25) is 0 Å². The van der Waals surface area contributed by atoms with E-state index in [2.05, 4.69) is 26.6 Å². The number of amides is 1. The van der Waals surface area contributed by atoms with Crippen LogP contribution in [0.15, 0.2) is 76.2 Å². The summed E-state index contributed by atoms with van der Waals surface area (Å²) < 4.78 is 16.9. The maximum absolute atomic E-state index is 13.4. The second-order valence-corrected chi connectivity index (χ2v) is 15.4. The lowest BCUT2D eigenvalue weighted by Crippen LogP contribution is -2.42. The van der Waals surface area contributed by atoms with Crippen molar-refractivity contribution in [3.05, 3.63) is 108 Å². The lowest BCUT2D eigenvalue weighted by atomic mass is 9.91. The smallest absolute Gasteiger partial charge is 0.411 e. The molecule has 3 aromatic heterocycles. The average molecular weight is 822 g/mol. The molecule has 0 radical (unpaired) electrons. The van der Waals surface area contributed by atoms with Crippen molar-refractivity contribution in [1.29, 1.82) is 5.26 Å². The van der Waals surface area contributed by atoms with E-state index in [4.69, 9.17) is 14.2 Å². The van der Waals surface area contributed by atoms with Gasteiger partial charge in [-0.3, -0.25) is 14.8 Å². The number of aromatic nitrogens is 1. The van der Waals surface area contributed by atoms with Crippen LogP contribution >= 0.6 is 22.7 Å². The highest BCUT2D eigenvalue weighted by Gasteiger charge is 2.45. The Morgan fingerprint density at radius 2 is 1.77 bits per heavy atom. The van der Waals surface area contributed by atoms with Crippen LogP contribution in [0.25, 0.3) is 10.9 Å². The Morgan fingerprint density at radius 3 is 2.40 bits per heavy atom. The van der Waals surface area contributed by atoms with Gasteiger partial charge in [0.15, 0.2) is 0 Å². The number of halogens is 1. The van der Waals surface area contributed by atoms with E-state index in [1.165, 1.54) is 48.0 Å². The molecule has 0 spiro atoms. The summed E-state index contributed by atoms with van der Waals surface area (Å²) in [4.78, 5) is 43.6. The standard InChI is InChI=1S/C40H43N5O9S2.FH/c1-45(26-7-9-27(10-8-26)54-38(49)40(51,34-5-3-17-55-34)35-6-4-18-56-35)15-16-53-39(50)43-30-20-33(52-2)25(19-24(30)21-41)22-42-23-32(47)28-11-13-31(46)37-29(28)12-14-36(48)44-37;/h3-6,11-14,17-20,26-27,32,42,46-47,51H,7-10,15-16,22-23H2,1-2H3,(H,43,50)(H,44,48);1H/t26?,27?,32-;/m0./s1. The first kappa shape index (κ1) is 42.8. The molecule has 3 heterocycles. The fourth-order valence-electron chi connectivity index (χ4n) is 6.89. The summed E-state index contributed by atoms with van der Waals surface area (Å²) in [5.74, 6) is -0.371. The molecule has 1 atom stereocenters. The zero-order valence-electron chi connectivity index (χ0n) is 31.2. The summed E-state index contributed by atoms with van der Waals surface area (Å²) in [6.45, 7) is 0.884. The molecule has 0 bridgehead atoms. The first-order valence-electron chi connectivity index (χ1n) is 18.0. The Kier molecular flexibility index (Phi) is 14.4. The van der Waals surface area contributed by atoms with Crippen molar-refractivity contribution in [3.63, 3.8) is 0 Å². The van der Waals surface area contributed by atoms with Crippen molar-refractivity contribution in [2.24, 2.45) is 0 Å². The van der Waals surface area contributed by atoms with Crippen molar-refractivity contribution in [3.8, 4) is 17.6 Å². The molecule has 0 saturated heterocycles. The number of carbonyl (C=O) groups is 2. The van der Waals surface area contributed by atoms with Crippen LogP contribution in [0.5, 0.6) is 11.5 Å². The third kappa shape index (κ3) is 9.79. The van der Waals surface area contributed by atoms with Gasteiger partial charge in [-0.05, 0) is 79.4 Å². The highest BCUT2D eigenvalue weighted by molar-refractivity contribution is 7.12. The number of pyridine rings is 1. The zero-order valence-corrected chi connectivity index (χ0v) is 32.9. The van der Waals surface area contributed by atoms with Gasteiger partial charge in [-0.2, -0.15) is 5.26 Å². The number of esters is 1. The number of benzene rings is 2. The Bertz CT molecular complexity index is 2200. The van der Waals surface area contributed by atoms with Crippen LogP contribution in [0.3, 0.4) is 0 Å². The van der Waals surface area contributed by atoms with Crippen LogP contribution in [0.4, 0.5) is 15.2 Å². The molecule has 1 aliphatic carbocycles. The monoisotopic (exact) mass is 821 g/mol. The number of methoxy groups -OCH3 is 1. The van der Waals surface area contributed by atoms with Crippen molar-refractivity contribution in [2.75, 3.05) is 39.2 Å². The van der Waals surface area contributed by atoms with Crippen LogP contribution in [-0.4, -0.2) is 83.3 Å². The van der Waals surface area contributed by atoms with Crippen LogP contribution in [0, 0.1) is 11.3 Å². The lowest BCUT2D eigenvalue weighted by molar-refractivity contribution is -0.169. The maximum atomic E-state index is 13.4. The van der Waals surface area contributed by atoms with Crippen molar-refractivity contribution < 1.29 is 43.8 Å². The zero-order chi connectivity index (χ0) is 39.8. The minimum atomic E-state index is -1.84. The lowest BCUT2D eigenvalue weighted by Gasteiger charge is -2.35. The Morgan fingerprint density at radius 1 is 1.07 bits per heavy atom. The number of likely N-dealkylation sites (N-methyl/N-ethyl adjacent to an activating group) is 1. The number of nitrogens with one attached hydrogen (secondary N) is 3. The molecule has 14 nitrogen and oxygen atoms in total. The SMILES string of the molecule is COc1cc(NC(=O)OCCN(C)C2CCC(OC(=O)C(O)(c3cccs3)c3cccs3)CC2)c(C#N)cc1CNC[C@H](O)c1ccc(O)c2[nH]c(=O)ccc12.F. The summed E-state index contributed by atoms with van der Waals surface area (Å²) in [6, 6.07) is 18.3. The fraction of sp³-hybridized carbons (Fsp3) is 0.350. The molecule has 1 saturated carbocycles. The molecule has 1 aliphatic rings. The number of H-pyrrole nitrogens is 1. The van der Waals surface area contributed by atoms with Crippen LogP contribution < -0.4 is 20.9 Å². The molecule has 6 rings (SSSR count). The average Bonchev–Trinajstić information content (AvgIpc) is 3.95. The van der Waals surface area contributed by atoms with E-state index >= 15 is 0 Å². The van der Waals surface area contributed by atoms with E-state index < -0.39 is 23.8 Å². The third-order valence-electron chi connectivity index (χ3n) is 9.97. The number of rotatable bonds is 15. The third-order valence-corrected chi connectivity index (χ3v) is 11.9. The number of nitrogens with zero attached hydrogens (tertiary/aromatic N) is 2. The van der Waals surface area contributed by atoms with E-state index in [0.29, 0.717) is 51.4 Å². The van der Waals surface area contributed by atoms with Gasteiger partial charge in [-0.15, -0.1) is 22.7 Å².